The Labute approximate surface area is 295 Å². The van der Waals surface area contributed by atoms with Gasteiger partial charge in [0.25, 0.3) is 0 Å². The number of hydrogen-bond donors (Lipinski definition) is 2. The number of fused-ring (bicyclic) bond motifs is 1. The number of carbonyl (C=O) groups excluding carboxylic acids is 3. The Morgan fingerprint density at radius 3 is 1.59 bits per heavy atom. The van der Waals surface area contributed by atoms with E-state index in [1.54, 1.807) is 0 Å². The fourth-order valence-corrected chi connectivity index (χ4v) is 8.43. The van der Waals surface area contributed by atoms with Gasteiger partial charge in [0.15, 0.2) is 0 Å². The second-order valence-electron chi connectivity index (χ2n) is 13.7. The number of carboxylic acid groups (broad SMARTS) is 1. The van der Waals surface area contributed by atoms with Crippen molar-refractivity contribution in [3.05, 3.63) is 108 Å². The Morgan fingerprint density at radius 1 is 0.647 bits per heavy atom. The van der Waals surface area contributed by atoms with Gasteiger partial charge in [-0.25, -0.2) is 4.79 Å². The number of halogens is 3. The van der Waals surface area contributed by atoms with Crippen LogP contribution in [0.1, 0.15) is 61.6 Å². The Hall–Kier alpha value is -4.71. The molecule has 0 bridgehead atoms. The van der Waals surface area contributed by atoms with Crippen molar-refractivity contribution in [1.29, 1.82) is 0 Å². The molecule has 0 aliphatic carbocycles. The molecule has 9 nitrogen and oxygen atoms in total. The second kappa shape index (κ2) is 15.3. The highest BCUT2D eigenvalue weighted by Gasteiger charge is 2.48. The van der Waals surface area contributed by atoms with Crippen LogP contribution in [0.2, 0.25) is 0 Å². The van der Waals surface area contributed by atoms with Gasteiger partial charge in [0, 0.05) is 38.1 Å². The molecule has 51 heavy (non-hydrogen) atoms. The van der Waals surface area contributed by atoms with Crippen LogP contribution in [0.25, 0.3) is 0 Å². The Kier molecular flexibility index (Phi) is 10.8. The molecule has 0 spiro atoms. The van der Waals surface area contributed by atoms with Crippen LogP contribution in [0.4, 0.5) is 13.2 Å². The van der Waals surface area contributed by atoms with Crippen LogP contribution in [0.3, 0.4) is 0 Å². The number of benzene rings is 3. The van der Waals surface area contributed by atoms with E-state index in [0.717, 1.165) is 55.5 Å². The summed E-state index contributed by atoms with van der Waals surface area (Å²) in [5, 5.41) is 10.7. The molecule has 3 aromatic rings. The first kappa shape index (κ1) is 36.1. The molecule has 0 radical (unpaired) electrons. The molecular weight excluding hydrogens is 661 g/mol. The minimum absolute atomic E-state index is 0.0288. The highest BCUT2D eigenvalue weighted by Crippen LogP contribution is 2.43. The van der Waals surface area contributed by atoms with Gasteiger partial charge in [0.05, 0.1) is 5.41 Å². The number of likely N-dealkylation sites (tertiary alicyclic amines) is 3. The summed E-state index contributed by atoms with van der Waals surface area (Å²) in [6, 6.07) is 30.4. The van der Waals surface area contributed by atoms with Gasteiger partial charge in [-0.3, -0.25) is 14.4 Å². The Bertz CT molecular complexity index is 1590. The maximum absolute atomic E-state index is 14.5. The van der Waals surface area contributed by atoms with Crippen LogP contribution in [-0.4, -0.2) is 100 Å². The van der Waals surface area contributed by atoms with Gasteiger partial charge in [-0.1, -0.05) is 91.0 Å². The smallest absolute Gasteiger partial charge is 0.475 e. The van der Waals surface area contributed by atoms with Crippen molar-refractivity contribution in [2.45, 2.75) is 80.7 Å². The molecular formula is C39H43F3N4O5. The van der Waals surface area contributed by atoms with E-state index in [1.165, 1.54) is 0 Å². The van der Waals surface area contributed by atoms with Crippen molar-refractivity contribution in [3.8, 4) is 0 Å². The lowest BCUT2D eigenvalue weighted by molar-refractivity contribution is -0.192. The average Bonchev–Trinajstić information content (AvgIpc) is 3.96. The van der Waals surface area contributed by atoms with Crippen molar-refractivity contribution < 1.29 is 37.5 Å². The van der Waals surface area contributed by atoms with Gasteiger partial charge in [-0.15, -0.1) is 0 Å². The zero-order chi connectivity index (χ0) is 36.2. The number of rotatable bonds is 7. The summed E-state index contributed by atoms with van der Waals surface area (Å²) in [5.41, 5.74) is 2.42. The Morgan fingerprint density at radius 2 is 1.10 bits per heavy atom. The Balaban J connectivity index is 0.000000582. The summed E-state index contributed by atoms with van der Waals surface area (Å²) in [7, 11) is 0. The summed E-state index contributed by atoms with van der Waals surface area (Å²) < 4.78 is 31.7. The number of aliphatic carboxylic acids is 1. The van der Waals surface area contributed by atoms with Gasteiger partial charge < -0.3 is 25.1 Å². The first-order valence-electron chi connectivity index (χ1n) is 17.6. The van der Waals surface area contributed by atoms with Gasteiger partial charge in [0.1, 0.15) is 12.1 Å². The van der Waals surface area contributed by atoms with E-state index in [0.29, 0.717) is 32.0 Å². The van der Waals surface area contributed by atoms with Crippen molar-refractivity contribution in [2.75, 3.05) is 26.2 Å². The summed E-state index contributed by atoms with van der Waals surface area (Å²) in [6.45, 7) is 2.84. The molecule has 12 heteroatoms. The summed E-state index contributed by atoms with van der Waals surface area (Å²) >= 11 is 0. The SMILES string of the molecule is O=C(O)C(F)(F)F.O=C([C@H]1CCCN1C(=O)[C@@H]1CCCN1C(=O)CC(c1ccccc1)(c1ccccc1)c1ccccc1)N1CCC2NCCC21. The number of alkyl halides is 3. The first-order chi connectivity index (χ1) is 24.5. The molecule has 4 fully saturated rings. The van der Waals surface area contributed by atoms with E-state index < -0.39 is 29.6 Å². The van der Waals surface area contributed by atoms with Crippen LogP contribution in [0.15, 0.2) is 91.0 Å². The van der Waals surface area contributed by atoms with E-state index in [2.05, 4.69) is 41.7 Å². The van der Waals surface area contributed by atoms with E-state index in [9.17, 15) is 27.6 Å². The minimum atomic E-state index is -5.08. The molecule has 4 aliphatic heterocycles. The molecule has 3 aromatic carbocycles. The quantitative estimate of drug-likeness (QED) is 0.336. The molecule has 0 saturated carbocycles. The van der Waals surface area contributed by atoms with Gasteiger partial charge in [-0.05, 0) is 61.8 Å². The first-order valence-corrected chi connectivity index (χ1v) is 17.6. The van der Waals surface area contributed by atoms with E-state index in [1.807, 2.05) is 69.3 Å². The van der Waals surface area contributed by atoms with Crippen molar-refractivity contribution in [2.24, 2.45) is 0 Å². The monoisotopic (exact) mass is 704 g/mol. The van der Waals surface area contributed by atoms with Gasteiger partial charge in [0.2, 0.25) is 17.7 Å². The molecule has 2 unspecified atom stereocenters. The predicted octanol–water partition coefficient (Wildman–Crippen LogP) is 4.99. The summed E-state index contributed by atoms with van der Waals surface area (Å²) in [5.74, 6) is -2.75. The van der Waals surface area contributed by atoms with Crippen LogP contribution < -0.4 is 5.32 Å². The number of nitrogens with one attached hydrogen (secondary N) is 1. The van der Waals surface area contributed by atoms with Crippen LogP contribution in [-0.2, 0) is 24.6 Å². The largest absolute Gasteiger partial charge is 0.490 e. The highest BCUT2D eigenvalue weighted by molar-refractivity contribution is 5.93. The standard InChI is InChI=1S/C37H42N4O3.C2HF3O2/c42-34(26-37(27-12-4-1-5-13-27,28-14-6-2-7-15-28)29-16-8-3-9-17-29)39-23-10-18-32(39)35(43)40-24-11-19-33(40)36(44)41-25-21-30-31(41)20-22-38-30;3-2(4,5)1(6)7/h1-9,12-17,30-33,38H,10-11,18-26H2;(H,6,7)/t30?,31?,32-,33+;/m0./s1. The van der Waals surface area contributed by atoms with Crippen molar-refractivity contribution in [3.63, 3.8) is 0 Å². The number of carbonyl (C=O) groups is 4. The fraction of sp³-hybridized carbons (Fsp3) is 0.436. The number of amides is 3. The number of hydrogen-bond acceptors (Lipinski definition) is 5. The van der Waals surface area contributed by atoms with Gasteiger partial charge in [-0.2, -0.15) is 13.2 Å². The summed E-state index contributed by atoms with van der Waals surface area (Å²) in [6.07, 6.45) is 0.0251. The van der Waals surface area contributed by atoms with E-state index in [4.69, 9.17) is 9.90 Å². The zero-order valence-corrected chi connectivity index (χ0v) is 28.3. The molecule has 4 atom stereocenters. The third kappa shape index (κ3) is 7.37. The maximum atomic E-state index is 14.5. The normalized spacial score (nSPS) is 23.1. The second-order valence-corrected chi connectivity index (χ2v) is 13.7. The topological polar surface area (TPSA) is 110 Å². The molecule has 4 heterocycles. The summed E-state index contributed by atoms with van der Waals surface area (Å²) in [4.78, 5) is 57.2. The maximum Gasteiger partial charge on any atom is 0.490 e. The number of carboxylic acids is 1. The van der Waals surface area contributed by atoms with Gasteiger partial charge >= 0.3 is 12.1 Å². The average molecular weight is 705 g/mol. The van der Waals surface area contributed by atoms with Crippen molar-refractivity contribution in [1.82, 2.24) is 20.0 Å². The van der Waals surface area contributed by atoms with E-state index in [-0.39, 0.29) is 30.2 Å². The third-order valence-electron chi connectivity index (χ3n) is 10.8. The molecule has 4 aliphatic rings. The third-order valence-corrected chi connectivity index (χ3v) is 10.8. The molecule has 270 valence electrons. The zero-order valence-electron chi connectivity index (χ0n) is 28.3. The molecule has 2 N–H and O–H groups in total. The lowest BCUT2D eigenvalue weighted by Gasteiger charge is -2.38. The molecule has 7 rings (SSSR count). The van der Waals surface area contributed by atoms with Crippen LogP contribution >= 0.6 is 0 Å². The minimum Gasteiger partial charge on any atom is -0.475 e. The fourth-order valence-electron chi connectivity index (χ4n) is 8.43. The molecule has 3 amide bonds. The lowest BCUT2D eigenvalue weighted by atomic mass is 9.67. The molecule has 0 aromatic heterocycles. The van der Waals surface area contributed by atoms with Crippen LogP contribution in [0, 0.1) is 0 Å². The van der Waals surface area contributed by atoms with E-state index >= 15 is 0 Å². The highest BCUT2D eigenvalue weighted by atomic mass is 19.4. The van der Waals surface area contributed by atoms with Crippen molar-refractivity contribution >= 4 is 23.7 Å². The predicted molar refractivity (Wildman–Crippen MR) is 184 cm³/mol. The molecule has 4 saturated heterocycles. The number of nitrogens with zero attached hydrogens (tertiary/aromatic N) is 3. The van der Waals surface area contributed by atoms with Crippen LogP contribution in [0.5, 0.6) is 0 Å². The lowest BCUT2D eigenvalue weighted by Crippen LogP contribution is -2.54.